The largest absolute Gasteiger partial charge is 0.456 e. The molecule has 0 atom stereocenters. The summed E-state index contributed by atoms with van der Waals surface area (Å²) in [6.07, 6.45) is 0. The smallest absolute Gasteiger partial charge is 0.227 e. The number of rotatable bonds is 6. The quantitative estimate of drug-likeness (QED) is 0.173. The van der Waals surface area contributed by atoms with Gasteiger partial charge in [0.15, 0.2) is 5.58 Å². The zero-order valence-corrected chi connectivity index (χ0v) is 29.7. The molecule has 0 aliphatic rings. The van der Waals surface area contributed by atoms with E-state index in [1.165, 1.54) is 21.9 Å². The highest BCUT2D eigenvalue weighted by Gasteiger charge is 2.18. The van der Waals surface area contributed by atoms with Crippen molar-refractivity contribution < 1.29 is 8.83 Å². The Bertz CT molecular complexity index is 3210. The second-order valence-electron chi connectivity index (χ2n) is 13.9. The van der Waals surface area contributed by atoms with Crippen molar-refractivity contribution in [2.24, 2.45) is 0 Å². The number of hydrogen-bond donors (Lipinski definition) is 0. The Kier molecular flexibility index (Phi) is 7.14. The molecule has 2 aromatic heterocycles. The average Bonchev–Trinajstić information content (AvgIpc) is 3.86. The molecule has 0 fully saturated rings. The number of fused-ring (bicyclic) bond motifs is 6. The van der Waals surface area contributed by atoms with Crippen molar-refractivity contribution >= 4 is 71.6 Å². The lowest BCUT2D eigenvalue weighted by Crippen LogP contribution is -2.09. The van der Waals surface area contributed by atoms with E-state index in [0.29, 0.717) is 5.89 Å². The Labute approximate surface area is 317 Å². The van der Waals surface area contributed by atoms with Gasteiger partial charge in [0.25, 0.3) is 0 Å². The molecule has 0 amide bonds. The fourth-order valence-corrected chi connectivity index (χ4v) is 8.07. The van der Waals surface area contributed by atoms with Gasteiger partial charge in [0, 0.05) is 39.0 Å². The number of benzene rings is 9. The van der Waals surface area contributed by atoms with Crippen LogP contribution >= 0.6 is 0 Å². The van der Waals surface area contributed by atoms with Crippen LogP contribution in [0.1, 0.15) is 0 Å². The second kappa shape index (κ2) is 12.6. The molecule has 0 bridgehead atoms. The van der Waals surface area contributed by atoms with Crippen molar-refractivity contribution in [2.75, 3.05) is 4.90 Å². The van der Waals surface area contributed by atoms with E-state index in [0.717, 1.165) is 77.6 Å². The Hall–Kier alpha value is -7.43. The molecule has 0 aliphatic carbocycles. The van der Waals surface area contributed by atoms with Gasteiger partial charge in [-0.3, -0.25) is 0 Å². The van der Waals surface area contributed by atoms with Crippen LogP contribution in [-0.4, -0.2) is 4.98 Å². The van der Waals surface area contributed by atoms with Gasteiger partial charge in [-0.1, -0.05) is 127 Å². The summed E-state index contributed by atoms with van der Waals surface area (Å²) in [5.41, 5.74) is 12.1. The predicted octanol–water partition coefficient (Wildman–Crippen LogP) is 14.5. The van der Waals surface area contributed by atoms with Crippen LogP contribution in [0, 0.1) is 0 Å². The number of anilines is 3. The molecule has 0 spiro atoms. The molecule has 55 heavy (non-hydrogen) atoms. The Morgan fingerprint density at radius 1 is 0.382 bits per heavy atom. The van der Waals surface area contributed by atoms with E-state index in [1.807, 2.05) is 18.2 Å². The molecule has 4 nitrogen and oxygen atoms in total. The van der Waals surface area contributed by atoms with E-state index in [-0.39, 0.29) is 0 Å². The van der Waals surface area contributed by atoms with Crippen LogP contribution in [0.2, 0.25) is 0 Å². The Balaban J connectivity index is 0.963. The first-order chi connectivity index (χ1) is 27.2. The molecule has 11 aromatic rings. The van der Waals surface area contributed by atoms with Crippen LogP contribution in [0.3, 0.4) is 0 Å². The maximum Gasteiger partial charge on any atom is 0.227 e. The molecule has 0 saturated heterocycles. The zero-order chi connectivity index (χ0) is 36.3. The number of furan rings is 1. The van der Waals surface area contributed by atoms with Crippen molar-refractivity contribution in [2.45, 2.75) is 0 Å². The number of hydrogen-bond acceptors (Lipinski definition) is 4. The van der Waals surface area contributed by atoms with Gasteiger partial charge >= 0.3 is 0 Å². The highest BCUT2D eigenvalue weighted by molar-refractivity contribution is 6.13. The van der Waals surface area contributed by atoms with E-state index in [9.17, 15) is 0 Å². The number of nitrogens with zero attached hydrogens (tertiary/aromatic N) is 2. The third kappa shape index (κ3) is 5.26. The first-order valence-electron chi connectivity index (χ1n) is 18.5. The fourth-order valence-electron chi connectivity index (χ4n) is 8.07. The maximum absolute atomic E-state index is 6.55. The summed E-state index contributed by atoms with van der Waals surface area (Å²) in [6.45, 7) is 0. The van der Waals surface area contributed by atoms with Crippen LogP contribution in [-0.2, 0) is 0 Å². The van der Waals surface area contributed by atoms with Crippen LogP contribution < -0.4 is 4.90 Å². The van der Waals surface area contributed by atoms with Gasteiger partial charge in [-0.25, -0.2) is 4.98 Å². The highest BCUT2D eigenvalue weighted by atomic mass is 16.3. The van der Waals surface area contributed by atoms with Gasteiger partial charge < -0.3 is 13.7 Å². The topological polar surface area (TPSA) is 42.4 Å². The Morgan fingerprint density at radius 3 is 1.93 bits per heavy atom. The van der Waals surface area contributed by atoms with Gasteiger partial charge in [0.05, 0.1) is 0 Å². The second-order valence-corrected chi connectivity index (χ2v) is 13.9. The lowest BCUT2D eigenvalue weighted by atomic mass is 9.97. The van der Waals surface area contributed by atoms with Crippen molar-refractivity contribution in [3.8, 4) is 33.7 Å². The van der Waals surface area contributed by atoms with Gasteiger partial charge in [-0.15, -0.1) is 0 Å². The molecular formula is C51H32N2O2. The molecule has 4 heteroatoms. The first kappa shape index (κ1) is 31.1. The molecule has 0 N–H and O–H groups in total. The van der Waals surface area contributed by atoms with E-state index in [2.05, 4.69) is 181 Å². The molecule has 0 unspecified atom stereocenters. The molecule has 0 radical (unpaired) electrons. The molecule has 2 heterocycles. The van der Waals surface area contributed by atoms with Gasteiger partial charge in [0.2, 0.25) is 5.89 Å². The summed E-state index contributed by atoms with van der Waals surface area (Å²) in [7, 11) is 0. The summed E-state index contributed by atoms with van der Waals surface area (Å²) in [4.78, 5) is 7.24. The summed E-state index contributed by atoms with van der Waals surface area (Å²) in [5.74, 6) is 0.626. The van der Waals surface area contributed by atoms with Crippen molar-refractivity contribution in [3.05, 3.63) is 194 Å². The van der Waals surface area contributed by atoms with E-state index in [1.54, 1.807) is 0 Å². The monoisotopic (exact) mass is 704 g/mol. The first-order valence-corrected chi connectivity index (χ1v) is 18.5. The SMILES string of the molecule is c1ccc(N(c2ccc(-c3cccc4nc(-c5cccc6ccccc56)oc34)cc2)c2ccc3cc(-c4cccc5oc6ccccc6c45)ccc3c2)cc1. The standard InChI is InChI=1S/C51H32N2O2/c1-2-13-38(14-3-1)53(40-30-27-35-31-37(24-23-36(35)32-40)42-17-10-22-48-49(42)45-16-6-7-21-47(45)54-48)39-28-25-34(26-29-39)43-18-9-20-46-50(43)55-51(52-46)44-19-8-12-33-11-4-5-15-41(33)44/h1-32H. The normalized spacial score (nSPS) is 11.6. The minimum absolute atomic E-state index is 0.626. The van der Waals surface area contributed by atoms with Crippen LogP contribution in [0.4, 0.5) is 17.1 Å². The third-order valence-corrected chi connectivity index (χ3v) is 10.7. The van der Waals surface area contributed by atoms with Crippen molar-refractivity contribution in [3.63, 3.8) is 0 Å². The minimum Gasteiger partial charge on any atom is -0.456 e. The highest BCUT2D eigenvalue weighted by Crippen LogP contribution is 2.41. The molecule has 0 aliphatic heterocycles. The van der Waals surface area contributed by atoms with E-state index >= 15 is 0 Å². The van der Waals surface area contributed by atoms with Crippen molar-refractivity contribution in [1.82, 2.24) is 4.98 Å². The predicted molar refractivity (Wildman–Crippen MR) is 227 cm³/mol. The van der Waals surface area contributed by atoms with E-state index < -0.39 is 0 Å². The molecule has 11 rings (SSSR count). The lowest BCUT2D eigenvalue weighted by molar-refractivity contribution is 0.621. The van der Waals surface area contributed by atoms with Crippen LogP contribution in [0.25, 0.3) is 88.3 Å². The zero-order valence-electron chi connectivity index (χ0n) is 29.7. The summed E-state index contributed by atoms with van der Waals surface area (Å²) < 4.78 is 12.7. The van der Waals surface area contributed by atoms with Crippen LogP contribution in [0.5, 0.6) is 0 Å². The van der Waals surface area contributed by atoms with Gasteiger partial charge in [0.1, 0.15) is 16.7 Å². The number of oxazole rings is 1. The number of para-hydroxylation sites is 3. The third-order valence-electron chi connectivity index (χ3n) is 10.7. The van der Waals surface area contributed by atoms with Gasteiger partial charge in [-0.05, 0) is 105 Å². The minimum atomic E-state index is 0.626. The summed E-state index contributed by atoms with van der Waals surface area (Å²) in [6, 6.07) is 68.1. The maximum atomic E-state index is 6.55. The van der Waals surface area contributed by atoms with Crippen LogP contribution in [0.15, 0.2) is 203 Å². The summed E-state index contributed by atoms with van der Waals surface area (Å²) in [5, 5.41) is 6.92. The van der Waals surface area contributed by atoms with Crippen molar-refractivity contribution in [1.29, 1.82) is 0 Å². The summed E-state index contributed by atoms with van der Waals surface area (Å²) >= 11 is 0. The van der Waals surface area contributed by atoms with Gasteiger partial charge in [-0.2, -0.15) is 0 Å². The molecule has 0 saturated carbocycles. The fraction of sp³-hybridized carbons (Fsp3) is 0. The van der Waals surface area contributed by atoms with E-state index in [4.69, 9.17) is 13.8 Å². The lowest BCUT2D eigenvalue weighted by Gasteiger charge is -2.26. The average molecular weight is 705 g/mol. The molecule has 9 aromatic carbocycles. The Morgan fingerprint density at radius 2 is 1.02 bits per heavy atom. The number of aromatic nitrogens is 1. The molecular weight excluding hydrogens is 673 g/mol. The molecule has 258 valence electrons.